The van der Waals surface area contributed by atoms with E-state index in [-0.39, 0.29) is 18.2 Å². The fraction of sp³-hybridized carbons (Fsp3) is 0.375. The Kier molecular flexibility index (Phi) is 4.10. The zero-order valence-electron chi connectivity index (χ0n) is 12.5. The number of hydrogen-bond acceptors (Lipinski definition) is 4. The Hall–Kier alpha value is -2.70. The van der Waals surface area contributed by atoms with Gasteiger partial charge in [-0.3, -0.25) is 24.5 Å². The largest absolute Gasteiger partial charge is 0.340 e. The van der Waals surface area contributed by atoms with Crippen LogP contribution in [0.4, 0.5) is 5.69 Å². The number of carbonyl (C=O) groups excluding carboxylic acids is 4. The number of amides is 4. The van der Waals surface area contributed by atoms with Crippen molar-refractivity contribution in [3.05, 3.63) is 29.8 Å². The molecule has 2 N–H and O–H groups in total. The maximum Gasteiger partial charge on any atom is 0.252 e. The van der Waals surface area contributed by atoms with E-state index < -0.39 is 17.9 Å². The highest BCUT2D eigenvalue weighted by atomic mass is 16.2. The van der Waals surface area contributed by atoms with Crippen molar-refractivity contribution in [3.8, 4) is 0 Å². The summed E-state index contributed by atoms with van der Waals surface area (Å²) in [5.74, 6) is -1.16. The van der Waals surface area contributed by atoms with Crippen LogP contribution in [-0.2, 0) is 14.4 Å². The standard InChI is InChI=1S/C16H17N3O4/c20-13-7-6-12(16(23)18-13)17-15(22)10-3-1-4-11(9-10)19-8-2-5-14(19)21/h1,3-4,9,12H,2,5-8H2,(H,17,22)(H,18,20,23). The van der Waals surface area contributed by atoms with E-state index in [9.17, 15) is 19.2 Å². The van der Waals surface area contributed by atoms with Crippen LogP contribution in [0.3, 0.4) is 0 Å². The molecule has 0 aromatic heterocycles. The Morgan fingerprint density at radius 1 is 1.22 bits per heavy atom. The molecule has 120 valence electrons. The Bertz CT molecular complexity index is 686. The predicted molar refractivity (Wildman–Crippen MR) is 81.7 cm³/mol. The first-order valence-corrected chi connectivity index (χ1v) is 7.59. The molecule has 0 aliphatic carbocycles. The van der Waals surface area contributed by atoms with Crippen LogP contribution in [0.15, 0.2) is 24.3 Å². The molecule has 2 fully saturated rings. The maximum atomic E-state index is 12.3. The summed E-state index contributed by atoms with van der Waals surface area (Å²) in [6, 6.07) is 6.06. The molecule has 0 spiro atoms. The van der Waals surface area contributed by atoms with Gasteiger partial charge in [0.2, 0.25) is 17.7 Å². The molecule has 1 aromatic carbocycles. The van der Waals surface area contributed by atoms with Crippen molar-refractivity contribution in [1.82, 2.24) is 10.6 Å². The van der Waals surface area contributed by atoms with Crippen molar-refractivity contribution in [1.29, 1.82) is 0 Å². The Labute approximate surface area is 133 Å². The van der Waals surface area contributed by atoms with E-state index in [2.05, 4.69) is 10.6 Å². The zero-order valence-corrected chi connectivity index (χ0v) is 12.5. The number of imide groups is 1. The lowest BCUT2D eigenvalue weighted by Crippen LogP contribution is -2.52. The highest BCUT2D eigenvalue weighted by molar-refractivity contribution is 6.04. The molecule has 2 aliphatic rings. The van der Waals surface area contributed by atoms with Gasteiger partial charge in [-0.25, -0.2) is 0 Å². The molecule has 1 aromatic rings. The van der Waals surface area contributed by atoms with Crippen LogP contribution in [0.2, 0.25) is 0 Å². The molecule has 7 nitrogen and oxygen atoms in total. The predicted octanol–water partition coefficient (Wildman–Crippen LogP) is 0.348. The molecule has 23 heavy (non-hydrogen) atoms. The summed E-state index contributed by atoms with van der Waals surface area (Å²) in [6.07, 6.45) is 1.83. The van der Waals surface area contributed by atoms with E-state index >= 15 is 0 Å². The van der Waals surface area contributed by atoms with Gasteiger partial charge < -0.3 is 10.2 Å². The molecule has 0 bridgehead atoms. The summed E-state index contributed by atoms with van der Waals surface area (Å²) in [5, 5.41) is 4.83. The smallest absolute Gasteiger partial charge is 0.252 e. The van der Waals surface area contributed by atoms with E-state index in [0.717, 1.165) is 6.42 Å². The average molecular weight is 315 g/mol. The lowest BCUT2D eigenvalue weighted by atomic mass is 10.1. The molecule has 1 unspecified atom stereocenters. The van der Waals surface area contributed by atoms with E-state index in [1.54, 1.807) is 29.2 Å². The van der Waals surface area contributed by atoms with Crippen molar-refractivity contribution < 1.29 is 19.2 Å². The summed E-state index contributed by atoms with van der Waals surface area (Å²) in [5.41, 5.74) is 1.07. The van der Waals surface area contributed by atoms with Gasteiger partial charge in [0.25, 0.3) is 5.91 Å². The Morgan fingerprint density at radius 3 is 2.74 bits per heavy atom. The number of piperidine rings is 1. The third kappa shape index (κ3) is 3.23. The van der Waals surface area contributed by atoms with Crippen LogP contribution >= 0.6 is 0 Å². The van der Waals surface area contributed by atoms with E-state index in [0.29, 0.717) is 30.6 Å². The molecular formula is C16H17N3O4. The van der Waals surface area contributed by atoms with Gasteiger partial charge in [0.15, 0.2) is 0 Å². The SMILES string of the molecule is O=C1CCC(NC(=O)c2cccc(N3CCCC3=O)c2)C(=O)N1. The number of carbonyl (C=O) groups is 4. The first-order valence-electron chi connectivity index (χ1n) is 7.59. The molecule has 2 saturated heterocycles. The second kappa shape index (κ2) is 6.20. The highest BCUT2D eigenvalue weighted by Crippen LogP contribution is 2.22. The van der Waals surface area contributed by atoms with E-state index in [1.165, 1.54) is 0 Å². The molecule has 7 heteroatoms. The topological polar surface area (TPSA) is 95.6 Å². The molecule has 2 heterocycles. The highest BCUT2D eigenvalue weighted by Gasteiger charge is 2.28. The van der Waals surface area contributed by atoms with Gasteiger partial charge >= 0.3 is 0 Å². The quantitative estimate of drug-likeness (QED) is 0.787. The minimum absolute atomic E-state index is 0.0488. The molecule has 1 atom stereocenters. The summed E-state index contributed by atoms with van der Waals surface area (Å²) >= 11 is 0. The minimum Gasteiger partial charge on any atom is -0.340 e. The number of rotatable bonds is 3. The third-order valence-corrected chi connectivity index (χ3v) is 4.04. The van der Waals surface area contributed by atoms with Gasteiger partial charge in [0, 0.05) is 30.6 Å². The normalized spacial score (nSPS) is 21.3. The van der Waals surface area contributed by atoms with Gasteiger partial charge in [-0.2, -0.15) is 0 Å². The number of nitrogens with zero attached hydrogens (tertiary/aromatic N) is 1. The number of hydrogen-bond donors (Lipinski definition) is 2. The second-order valence-corrected chi connectivity index (χ2v) is 5.68. The van der Waals surface area contributed by atoms with Crippen molar-refractivity contribution in [2.75, 3.05) is 11.4 Å². The van der Waals surface area contributed by atoms with Gasteiger partial charge in [0.05, 0.1) is 0 Å². The summed E-state index contributed by atoms with van der Waals surface area (Å²) < 4.78 is 0. The van der Waals surface area contributed by atoms with Crippen molar-refractivity contribution in [2.24, 2.45) is 0 Å². The van der Waals surface area contributed by atoms with Crippen LogP contribution < -0.4 is 15.5 Å². The molecule has 0 radical (unpaired) electrons. The maximum absolute atomic E-state index is 12.3. The van der Waals surface area contributed by atoms with Crippen molar-refractivity contribution in [2.45, 2.75) is 31.7 Å². The van der Waals surface area contributed by atoms with Gasteiger partial charge in [-0.1, -0.05) is 6.07 Å². The fourth-order valence-electron chi connectivity index (χ4n) is 2.81. The van der Waals surface area contributed by atoms with Crippen LogP contribution in [-0.4, -0.2) is 36.2 Å². The van der Waals surface area contributed by atoms with Crippen LogP contribution in [0.1, 0.15) is 36.0 Å². The average Bonchev–Trinajstić information content (AvgIpc) is 2.96. The monoisotopic (exact) mass is 315 g/mol. The zero-order chi connectivity index (χ0) is 16.4. The number of nitrogens with one attached hydrogen (secondary N) is 2. The van der Waals surface area contributed by atoms with E-state index in [4.69, 9.17) is 0 Å². The minimum atomic E-state index is -0.711. The first-order chi connectivity index (χ1) is 11.0. The number of benzene rings is 1. The van der Waals surface area contributed by atoms with Crippen LogP contribution in [0.25, 0.3) is 0 Å². The number of anilines is 1. The molecule has 2 aliphatic heterocycles. The second-order valence-electron chi connectivity index (χ2n) is 5.68. The lowest BCUT2D eigenvalue weighted by molar-refractivity contribution is -0.134. The third-order valence-electron chi connectivity index (χ3n) is 4.04. The lowest BCUT2D eigenvalue weighted by Gasteiger charge is -2.22. The summed E-state index contributed by atoms with van der Waals surface area (Å²) in [4.78, 5) is 48.6. The first kappa shape index (κ1) is 15.2. The Balaban J connectivity index is 1.71. The molecule has 4 amide bonds. The summed E-state index contributed by atoms with van der Waals surface area (Å²) in [6.45, 7) is 0.650. The van der Waals surface area contributed by atoms with Crippen LogP contribution in [0.5, 0.6) is 0 Å². The Morgan fingerprint density at radius 2 is 2.04 bits per heavy atom. The van der Waals surface area contributed by atoms with Crippen LogP contribution in [0, 0.1) is 0 Å². The van der Waals surface area contributed by atoms with Gasteiger partial charge in [-0.15, -0.1) is 0 Å². The van der Waals surface area contributed by atoms with Crippen molar-refractivity contribution in [3.63, 3.8) is 0 Å². The van der Waals surface area contributed by atoms with E-state index in [1.807, 2.05) is 0 Å². The molecular weight excluding hydrogens is 298 g/mol. The molecule has 0 saturated carbocycles. The fourth-order valence-corrected chi connectivity index (χ4v) is 2.81. The van der Waals surface area contributed by atoms with Gasteiger partial charge in [0.1, 0.15) is 6.04 Å². The molecule has 3 rings (SSSR count). The van der Waals surface area contributed by atoms with Gasteiger partial charge in [-0.05, 0) is 31.0 Å². The summed E-state index contributed by atoms with van der Waals surface area (Å²) in [7, 11) is 0. The van der Waals surface area contributed by atoms with Crippen molar-refractivity contribution >= 4 is 29.3 Å².